The number of halogens is 2. The maximum atomic E-state index is 14.1. The van der Waals surface area contributed by atoms with Crippen molar-refractivity contribution in [3.8, 4) is 5.75 Å². The van der Waals surface area contributed by atoms with Crippen molar-refractivity contribution in [3.05, 3.63) is 16.9 Å². The Kier molecular flexibility index (Phi) is 4.33. The van der Waals surface area contributed by atoms with E-state index in [-0.39, 0.29) is 16.5 Å². The Labute approximate surface area is 129 Å². The number of nitrogens with one attached hydrogen (secondary N) is 1. The van der Waals surface area contributed by atoms with Gasteiger partial charge in [0.25, 0.3) is 0 Å². The van der Waals surface area contributed by atoms with Crippen molar-refractivity contribution in [2.75, 3.05) is 23.9 Å². The van der Waals surface area contributed by atoms with Crippen LogP contribution in [0, 0.1) is 5.82 Å². The first-order valence-electron chi connectivity index (χ1n) is 6.89. The van der Waals surface area contributed by atoms with Crippen LogP contribution in [-0.4, -0.2) is 25.1 Å². The van der Waals surface area contributed by atoms with E-state index in [9.17, 15) is 9.18 Å². The zero-order valence-corrected chi connectivity index (χ0v) is 13.5. The molecule has 1 amide bonds. The van der Waals surface area contributed by atoms with Crippen molar-refractivity contribution in [1.82, 2.24) is 0 Å². The summed E-state index contributed by atoms with van der Waals surface area (Å²) < 4.78 is 19.6. The molecule has 1 aromatic rings. The maximum Gasteiger partial charge on any atom is 0.227 e. The van der Waals surface area contributed by atoms with Crippen LogP contribution in [0.15, 0.2) is 6.07 Å². The van der Waals surface area contributed by atoms with Gasteiger partial charge < -0.3 is 15.0 Å². The highest BCUT2D eigenvalue weighted by Crippen LogP contribution is 2.45. The number of anilines is 2. The van der Waals surface area contributed by atoms with Crippen LogP contribution in [0.3, 0.4) is 0 Å². The number of benzene rings is 1. The average Bonchev–Trinajstić information content (AvgIpc) is 2.77. The first kappa shape index (κ1) is 15.9. The van der Waals surface area contributed by atoms with Crippen molar-refractivity contribution < 1.29 is 13.9 Å². The molecule has 1 fully saturated rings. The van der Waals surface area contributed by atoms with Gasteiger partial charge in [0, 0.05) is 24.6 Å². The molecule has 0 aliphatic carbocycles. The van der Waals surface area contributed by atoms with Gasteiger partial charge in [-0.05, 0) is 27.2 Å². The van der Waals surface area contributed by atoms with Gasteiger partial charge in [0.05, 0.1) is 12.8 Å². The van der Waals surface area contributed by atoms with E-state index in [1.807, 2.05) is 20.8 Å². The summed E-state index contributed by atoms with van der Waals surface area (Å²) in [5, 5.41) is 3.10. The Morgan fingerprint density at radius 3 is 2.57 bits per heavy atom. The Bertz CT molecular complexity index is 570. The zero-order valence-electron chi connectivity index (χ0n) is 12.7. The Morgan fingerprint density at radius 1 is 1.43 bits per heavy atom. The molecular weight excluding hydrogens is 295 g/mol. The van der Waals surface area contributed by atoms with Gasteiger partial charge in [0.1, 0.15) is 16.5 Å². The summed E-state index contributed by atoms with van der Waals surface area (Å²) in [5.41, 5.74) is 0.523. The van der Waals surface area contributed by atoms with E-state index in [0.29, 0.717) is 30.1 Å². The number of carbonyl (C=O) groups excluding carboxylic acids is 1. The van der Waals surface area contributed by atoms with Crippen molar-refractivity contribution >= 4 is 28.9 Å². The van der Waals surface area contributed by atoms with Crippen LogP contribution in [0.1, 0.15) is 33.6 Å². The molecule has 4 nitrogen and oxygen atoms in total. The van der Waals surface area contributed by atoms with Gasteiger partial charge in [0.2, 0.25) is 5.91 Å². The first-order chi connectivity index (χ1) is 9.74. The van der Waals surface area contributed by atoms with E-state index in [1.165, 1.54) is 18.1 Å². The lowest BCUT2D eigenvalue weighted by atomic mass is 10.1. The van der Waals surface area contributed by atoms with Crippen molar-refractivity contribution in [2.24, 2.45) is 0 Å². The van der Waals surface area contributed by atoms with Crippen molar-refractivity contribution in [3.63, 3.8) is 0 Å². The molecule has 21 heavy (non-hydrogen) atoms. The highest BCUT2D eigenvalue weighted by Gasteiger charge is 2.30. The summed E-state index contributed by atoms with van der Waals surface area (Å²) in [4.78, 5) is 13.5. The standard InChI is InChI=1S/C15H20ClFN2O2/c1-15(2,3)18-10-8-9(17)12(16)13(14(10)21-4)19-7-5-6-11(19)20/h8,18H,5-7H2,1-4H3. The largest absolute Gasteiger partial charge is 0.492 e. The Balaban J connectivity index is 2.59. The number of amides is 1. The second kappa shape index (κ2) is 5.72. The number of methoxy groups -OCH3 is 1. The molecule has 0 saturated carbocycles. The molecule has 0 aromatic heterocycles. The van der Waals surface area contributed by atoms with Gasteiger partial charge in [-0.3, -0.25) is 4.79 Å². The second-order valence-electron chi connectivity index (χ2n) is 6.13. The van der Waals surface area contributed by atoms with Gasteiger partial charge >= 0.3 is 0 Å². The molecule has 0 atom stereocenters. The average molecular weight is 315 g/mol. The zero-order chi connectivity index (χ0) is 15.8. The fraction of sp³-hybridized carbons (Fsp3) is 0.533. The van der Waals surface area contributed by atoms with Crippen LogP contribution in [0.4, 0.5) is 15.8 Å². The molecule has 0 bridgehead atoms. The van der Waals surface area contributed by atoms with Crippen LogP contribution >= 0.6 is 11.6 Å². The second-order valence-corrected chi connectivity index (χ2v) is 6.50. The number of hydrogen-bond donors (Lipinski definition) is 1. The van der Waals surface area contributed by atoms with Crippen LogP contribution in [0.2, 0.25) is 5.02 Å². The van der Waals surface area contributed by atoms with Crippen molar-refractivity contribution in [1.29, 1.82) is 0 Å². The van der Waals surface area contributed by atoms with E-state index in [0.717, 1.165) is 6.42 Å². The summed E-state index contributed by atoms with van der Waals surface area (Å²) in [7, 11) is 1.49. The van der Waals surface area contributed by atoms with Crippen LogP contribution in [0.5, 0.6) is 5.75 Å². The van der Waals surface area contributed by atoms with Crippen LogP contribution < -0.4 is 15.0 Å². The quantitative estimate of drug-likeness (QED) is 0.922. The summed E-state index contributed by atoms with van der Waals surface area (Å²) in [6.45, 7) is 6.40. The smallest absolute Gasteiger partial charge is 0.227 e. The predicted octanol–water partition coefficient (Wildman–Crippen LogP) is 3.82. The molecule has 1 aromatic carbocycles. The summed E-state index contributed by atoms with van der Waals surface area (Å²) >= 11 is 6.09. The van der Waals surface area contributed by atoms with Gasteiger partial charge in [-0.2, -0.15) is 0 Å². The monoisotopic (exact) mass is 314 g/mol. The minimum atomic E-state index is -0.570. The minimum Gasteiger partial charge on any atom is -0.492 e. The van der Waals surface area contributed by atoms with Gasteiger partial charge in [0.15, 0.2) is 5.75 Å². The van der Waals surface area contributed by atoms with E-state index < -0.39 is 5.82 Å². The van der Waals surface area contributed by atoms with Gasteiger partial charge in [-0.1, -0.05) is 11.6 Å². The normalized spacial score (nSPS) is 15.5. The lowest BCUT2D eigenvalue weighted by molar-refractivity contribution is -0.117. The molecule has 0 radical (unpaired) electrons. The Hall–Kier alpha value is -1.49. The van der Waals surface area contributed by atoms with Crippen LogP contribution in [-0.2, 0) is 4.79 Å². The minimum absolute atomic E-state index is 0.0671. The number of ether oxygens (including phenoxy) is 1. The third kappa shape index (κ3) is 3.23. The van der Waals surface area contributed by atoms with Crippen molar-refractivity contribution in [2.45, 2.75) is 39.2 Å². The first-order valence-corrected chi connectivity index (χ1v) is 7.27. The lowest BCUT2D eigenvalue weighted by Gasteiger charge is -2.27. The molecule has 0 unspecified atom stereocenters. The molecule has 1 aliphatic rings. The molecule has 116 valence electrons. The Morgan fingerprint density at radius 2 is 2.10 bits per heavy atom. The lowest BCUT2D eigenvalue weighted by Crippen LogP contribution is -2.28. The number of hydrogen-bond acceptors (Lipinski definition) is 3. The molecule has 2 rings (SSSR count). The molecule has 1 aliphatic heterocycles. The van der Waals surface area contributed by atoms with E-state index >= 15 is 0 Å². The molecular formula is C15H20ClFN2O2. The summed E-state index contributed by atoms with van der Waals surface area (Å²) in [6, 6.07) is 1.30. The highest BCUT2D eigenvalue weighted by atomic mass is 35.5. The van der Waals surface area contributed by atoms with E-state index in [4.69, 9.17) is 16.3 Å². The fourth-order valence-electron chi connectivity index (χ4n) is 2.43. The molecule has 0 spiro atoms. The van der Waals surface area contributed by atoms with Crippen LogP contribution in [0.25, 0.3) is 0 Å². The molecule has 1 saturated heterocycles. The van der Waals surface area contributed by atoms with E-state index in [2.05, 4.69) is 5.32 Å². The van der Waals surface area contributed by atoms with Gasteiger partial charge in [-0.15, -0.1) is 0 Å². The highest BCUT2D eigenvalue weighted by molar-refractivity contribution is 6.34. The number of nitrogens with zero attached hydrogens (tertiary/aromatic N) is 1. The topological polar surface area (TPSA) is 41.6 Å². The maximum absolute atomic E-state index is 14.1. The summed E-state index contributed by atoms with van der Waals surface area (Å²) in [5.74, 6) is -0.243. The third-order valence-corrected chi connectivity index (χ3v) is 3.57. The number of rotatable bonds is 3. The molecule has 1 heterocycles. The third-order valence-electron chi connectivity index (χ3n) is 3.21. The molecule has 1 N–H and O–H groups in total. The number of carbonyl (C=O) groups is 1. The van der Waals surface area contributed by atoms with Gasteiger partial charge in [-0.25, -0.2) is 4.39 Å². The van der Waals surface area contributed by atoms with E-state index in [1.54, 1.807) is 0 Å². The SMILES string of the molecule is COc1c(NC(C)(C)C)cc(F)c(Cl)c1N1CCCC1=O. The summed E-state index contributed by atoms with van der Waals surface area (Å²) in [6.07, 6.45) is 1.18. The molecule has 6 heteroatoms. The fourth-order valence-corrected chi connectivity index (χ4v) is 2.67. The predicted molar refractivity (Wildman–Crippen MR) is 82.9 cm³/mol.